The Hall–Kier alpha value is -6.68. The summed E-state index contributed by atoms with van der Waals surface area (Å²) in [6.45, 7) is 11.9. The summed E-state index contributed by atoms with van der Waals surface area (Å²) in [5, 5.41) is 10.5. The van der Waals surface area contributed by atoms with Crippen LogP contribution in [0.4, 0.5) is 0 Å². The minimum absolute atomic E-state index is 0.0266. The number of methoxy groups -OCH3 is 3. The van der Waals surface area contributed by atoms with Crippen LogP contribution in [-0.4, -0.2) is 244 Å². The van der Waals surface area contributed by atoms with Crippen molar-refractivity contribution in [2.24, 2.45) is 0 Å². The molecule has 516 valence electrons. The lowest BCUT2D eigenvalue weighted by molar-refractivity contribution is -0.00979. The second-order valence-electron chi connectivity index (χ2n) is 19.4. The van der Waals surface area contributed by atoms with Crippen LogP contribution in [0.15, 0.2) is 66.7 Å². The molecule has 4 aromatic carbocycles. The van der Waals surface area contributed by atoms with Gasteiger partial charge in [0.2, 0.25) is 0 Å². The molecular formula is C69H96O24. The number of hydrogen-bond acceptors (Lipinski definition) is 24. The molecule has 0 aliphatic rings. The van der Waals surface area contributed by atoms with Crippen molar-refractivity contribution in [1.82, 2.24) is 0 Å². The zero-order valence-corrected chi connectivity index (χ0v) is 54.4. The van der Waals surface area contributed by atoms with Gasteiger partial charge in [0.25, 0.3) is 0 Å². The zero-order valence-electron chi connectivity index (χ0n) is 54.4. The predicted octanol–water partition coefficient (Wildman–Crippen LogP) is 6.31. The number of benzene rings is 4. The van der Waals surface area contributed by atoms with E-state index < -0.39 is 0 Å². The quantitative estimate of drug-likeness (QED) is 0.0377. The van der Waals surface area contributed by atoms with Crippen molar-refractivity contribution in [3.63, 3.8) is 0 Å². The van der Waals surface area contributed by atoms with Gasteiger partial charge in [-0.1, -0.05) is 17.8 Å². The lowest BCUT2D eigenvalue weighted by atomic mass is 10.00. The van der Waals surface area contributed by atoms with Crippen LogP contribution < -0.4 is 37.9 Å². The van der Waals surface area contributed by atoms with Crippen LogP contribution in [0.3, 0.4) is 0 Å². The Balaban J connectivity index is 1.50. The van der Waals surface area contributed by atoms with Gasteiger partial charge in [0, 0.05) is 39.5 Å². The maximum atomic E-state index is 10.5. The first-order chi connectivity index (χ1) is 45.9. The molecule has 0 bridgehead atoms. The Labute approximate surface area is 548 Å². The lowest BCUT2D eigenvalue weighted by Crippen LogP contribution is -2.14. The fraction of sp³-hybridized carbons (Fsp3) is 0.565. The Morgan fingerprint density at radius 1 is 0.269 bits per heavy atom. The summed E-state index contributed by atoms with van der Waals surface area (Å²) in [6.07, 6.45) is 16.9. The predicted molar refractivity (Wildman–Crippen MR) is 344 cm³/mol. The van der Waals surface area contributed by atoms with Gasteiger partial charge in [-0.2, -0.15) is 0 Å². The van der Waals surface area contributed by atoms with Crippen molar-refractivity contribution in [3.8, 4) is 94.2 Å². The minimum atomic E-state index is -0.316. The highest BCUT2D eigenvalue weighted by Gasteiger charge is 2.20. The fourth-order valence-corrected chi connectivity index (χ4v) is 7.95. The molecule has 0 fully saturated rings. The molecule has 24 heteroatoms. The number of ether oxygens (including phenoxy) is 23. The molecule has 4 rings (SSSR count). The normalized spacial score (nSPS) is 11.0. The van der Waals surface area contributed by atoms with Crippen LogP contribution in [0.25, 0.3) is 11.1 Å². The second-order valence-corrected chi connectivity index (χ2v) is 19.4. The molecule has 0 amide bonds. The minimum Gasteiger partial charge on any atom is -0.491 e. The molecule has 0 atom stereocenters. The molecular weight excluding hydrogens is 1210 g/mol. The Kier molecular flexibility index (Phi) is 46.3. The third kappa shape index (κ3) is 38.3. The van der Waals surface area contributed by atoms with Crippen molar-refractivity contribution >= 4 is 0 Å². The standard InChI is InChI=1S/C69H96O24/c1-7-10-86-61-43-58(45-63(51-61)88-40-37-83-34-31-80-28-25-77-22-19-74-16-13-71-4)55-92-65-49-60(69-67(90-12-9-3)47-57(54-70)48-68(69)91-42-39-85-36-33-82-30-27-79-24-21-76-18-15-73-6)50-66(53-65)93-56-59-44-62(87-11-8-2)52-64(46-59)89-41-38-84-35-32-81-29-26-78-23-20-75-17-14-72-5/h1-3,43-53,70H,10-42,54-56H2,4-6H3. The van der Waals surface area contributed by atoms with Gasteiger partial charge in [-0.05, 0) is 70.8 Å². The van der Waals surface area contributed by atoms with E-state index in [1.54, 1.807) is 51.7 Å². The van der Waals surface area contributed by atoms with Crippen LogP contribution in [0.1, 0.15) is 16.7 Å². The summed E-state index contributed by atoms with van der Waals surface area (Å²) >= 11 is 0. The molecule has 0 aliphatic carbocycles. The molecule has 0 saturated heterocycles. The molecule has 0 unspecified atom stereocenters. The smallest absolute Gasteiger partial charge is 0.148 e. The van der Waals surface area contributed by atoms with Crippen molar-refractivity contribution < 1.29 is 114 Å². The molecule has 0 heterocycles. The van der Waals surface area contributed by atoms with E-state index in [9.17, 15) is 5.11 Å². The van der Waals surface area contributed by atoms with Crippen LogP contribution >= 0.6 is 0 Å². The SMILES string of the molecule is C#CCOc1cc(COc2cc(OCc3cc(OCC#C)cc(OCCOCCOCCOCCOCCOC)c3)cc(-c3c(OCC#C)cc(CO)cc3OCCOCCOCCOCCOCCOC)c2)cc(OCCOCCOCCOCCOCCOC)c1. The van der Waals surface area contributed by atoms with Gasteiger partial charge in [-0.25, -0.2) is 0 Å². The van der Waals surface area contributed by atoms with E-state index in [2.05, 4.69) is 17.8 Å². The van der Waals surface area contributed by atoms with Crippen LogP contribution in [0.2, 0.25) is 0 Å². The summed E-state index contributed by atoms with van der Waals surface area (Å²) in [5.74, 6) is 11.0. The highest BCUT2D eigenvalue weighted by atomic mass is 16.6. The summed E-state index contributed by atoms with van der Waals surface area (Å²) in [6, 6.07) is 19.6. The summed E-state index contributed by atoms with van der Waals surface area (Å²) < 4.78 is 132. The average Bonchev–Trinajstić information content (AvgIpc) is 0.841. The highest BCUT2D eigenvalue weighted by molar-refractivity contribution is 5.79. The monoisotopic (exact) mass is 1310 g/mol. The van der Waals surface area contributed by atoms with E-state index >= 15 is 0 Å². The first-order valence-corrected chi connectivity index (χ1v) is 30.9. The molecule has 1 N–H and O–H groups in total. The third-order valence-corrected chi connectivity index (χ3v) is 12.2. The van der Waals surface area contributed by atoms with E-state index in [4.69, 9.17) is 128 Å². The summed E-state index contributed by atoms with van der Waals surface area (Å²) in [4.78, 5) is 0. The Morgan fingerprint density at radius 3 is 0.828 bits per heavy atom. The van der Waals surface area contributed by atoms with Crippen LogP contribution in [-0.2, 0) is 90.9 Å². The Bertz CT molecular complexity index is 2530. The number of aliphatic hydroxyl groups is 1. The van der Waals surface area contributed by atoms with Gasteiger partial charge in [-0.15, -0.1) is 19.3 Å². The molecule has 93 heavy (non-hydrogen) atoms. The van der Waals surface area contributed by atoms with Gasteiger partial charge >= 0.3 is 0 Å². The van der Waals surface area contributed by atoms with Crippen molar-refractivity contribution in [2.45, 2.75) is 19.8 Å². The van der Waals surface area contributed by atoms with Gasteiger partial charge in [0.15, 0.2) is 0 Å². The molecule has 0 saturated carbocycles. The maximum absolute atomic E-state index is 10.5. The molecule has 4 aromatic rings. The third-order valence-electron chi connectivity index (χ3n) is 12.2. The Morgan fingerprint density at radius 2 is 0.527 bits per heavy atom. The first kappa shape index (κ1) is 78.8. The summed E-state index contributed by atoms with van der Waals surface area (Å²) in [7, 11) is 4.88. The zero-order chi connectivity index (χ0) is 66.1. The highest BCUT2D eigenvalue weighted by Crippen LogP contribution is 2.43. The van der Waals surface area contributed by atoms with Crippen molar-refractivity contribution in [2.75, 3.05) is 239 Å². The molecule has 24 nitrogen and oxygen atoms in total. The van der Waals surface area contributed by atoms with Gasteiger partial charge in [0.05, 0.1) is 191 Å². The summed E-state index contributed by atoms with van der Waals surface area (Å²) in [5.41, 5.74) is 2.98. The fourth-order valence-electron chi connectivity index (χ4n) is 7.95. The molecule has 0 radical (unpaired) electrons. The maximum Gasteiger partial charge on any atom is 0.148 e. The van der Waals surface area contributed by atoms with E-state index in [1.807, 2.05) is 36.4 Å². The number of aliphatic hydroxyl groups excluding tert-OH is 1. The van der Waals surface area contributed by atoms with Gasteiger partial charge in [0.1, 0.15) is 98.9 Å². The largest absolute Gasteiger partial charge is 0.491 e. The van der Waals surface area contributed by atoms with Crippen molar-refractivity contribution in [3.05, 3.63) is 83.4 Å². The average molecular weight is 1310 g/mol. The van der Waals surface area contributed by atoms with Gasteiger partial charge < -0.3 is 114 Å². The molecule has 0 spiro atoms. The van der Waals surface area contributed by atoms with E-state index in [0.717, 1.165) is 0 Å². The first-order valence-electron chi connectivity index (χ1n) is 30.9. The lowest BCUT2D eigenvalue weighted by Gasteiger charge is -2.20. The molecule has 0 aromatic heterocycles. The van der Waals surface area contributed by atoms with Crippen LogP contribution in [0.5, 0.6) is 46.0 Å². The van der Waals surface area contributed by atoms with Gasteiger partial charge in [-0.3, -0.25) is 0 Å². The second kappa shape index (κ2) is 54.7. The molecule has 0 aliphatic heterocycles. The van der Waals surface area contributed by atoms with Crippen molar-refractivity contribution in [1.29, 1.82) is 0 Å². The number of terminal acetylenes is 3. The number of rotatable bonds is 62. The van der Waals surface area contributed by atoms with Crippen LogP contribution in [0, 0.1) is 37.0 Å². The topological polar surface area (TPSA) is 233 Å². The van der Waals surface area contributed by atoms with E-state index in [0.29, 0.717) is 246 Å². The van der Waals surface area contributed by atoms with E-state index in [1.165, 1.54) is 0 Å². The van der Waals surface area contributed by atoms with E-state index in [-0.39, 0.29) is 66.1 Å². The number of hydrogen-bond donors (Lipinski definition) is 1.